The van der Waals surface area contributed by atoms with Gasteiger partial charge < -0.3 is 11.1 Å². The van der Waals surface area contributed by atoms with Crippen LogP contribution in [-0.4, -0.2) is 17.4 Å². The van der Waals surface area contributed by atoms with Crippen LogP contribution in [0.2, 0.25) is 0 Å². The minimum absolute atomic E-state index is 0.180. The van der Waals surface area contributed by atoms with Gasteiger partial charge in [0.1, 0.15) is 11.5 Å². The second kappa shape index (κ2) is 6.54. The zero-order valence-corrected chi connectivity index (χ0v) is 10.7. The zero-order valence-electron chi connectivity index (χ0n) is 10.7. The third-order valence-electron chi connectivity index (χ3n) is 2.77. The first-order valence-electron chi connectivity index (χ1n) is 6.30. The topological polar surface area (TPSA) is 68.0 Å². The number of benzene rings is 1. The van der Waals surface area contributed by atoms with E-state index in [4.69, 9.17) is 5.73 Å². The number of nitrogens with one attached hydrogen (secondary N) is 1. The number of nitrogen functional groups attached to an aromatic ring is 1. The van der Waals surface area contributed by atoms with Crippen molar-refractivity contribution in [1.82, 2.24) is 10.3 Å². The Bertz CT molecular complexity index is 540. The number of aryl methyl sites for hydroxylation is 1. The molecule has 4 heteroatoms. The Balaban J connectivity index is 1.75. The predicted molar refractivity (Wildman–Crippen MR) is 75.7 cm³/mol. The van der Waals surface area contributed by atoms with Crippen molar-refractivity contribution in [3.05, 3.63) is 59.8 Å². The lowest BCUT2D eigenvalue weighted by atomic mass is 10.1. The molecule has 0 aliphatic carbocycles. The molecule has 3 N–H and O–H groups in total. The minimum Gasteiger partial charge on any atom is -0.384 e. The van der Waals surface area contributed by atoms with Gasteiger partial charge in [-0.25, -0.2) is 4.98 Å². The molecule has 0 spiro atoms. The highest BCUT2D eigenvalue weighted by Gasteiger charge is 2.05. The second-order valence-electron chi connectivity index (χ2n) is 4.29. The number of nitrogens with two attached hydrogens (primary N) is 1. The number of anilines is 1. The zero-order chi connectivity index (χ0) is 13.5. The average molecular weight is 255 g/mol. The fourth-order valence-corrected chi connectivity index (χ4v) is 1.81. The molecule has 2 aromatic rings. The summed E-state index contributed by atoms with van der Waals surface area (Å²) in [6, 6.07) is 15.2. The van der Waals surface area contributed by atoms with Gasteiger partial charge in [0, 0.05) is 6.54 Å². The number of rotatable bonds is 5. The van der Waals surface area contributed by atoms with Crippen molar-refractivity contribution in [2.75, 3.05) is 12.3 Å². The molecular weight excluding hydrogens is 238 g/mol. The van der Waals surface area contributed by atoms with Gasteiger partial charge in [0.25, 0.3) is 5.91 Å². The van der Waals surface area contributed by atoms with Gasteiger partial charge in [0.2, 0.25) is 0 Å². The smallest absolute Gasteiger partial charge is 0.269 e. The molecule has 0 bridgehead atoms. The molecule has 0 fully saturated rings. The van der Waals surface area contributed by atoms with Crippen LogP contribution >= 0.6 is 0 Å². The van der Waals surface area contributed by atoms with Gasteiger partial charge in [-0.1, -0.05) is 36.4 Å². The summed E-state index contributed by atoms with van der Waals surface area (Å²) in [5.74, 6) is 0.178. The fraction of sp³-hybridized carbons (Fsp3) is 0.200. The van der Waals surface area contributed by atoms with Crippen LogP contribution in [0.4, 0.5) is 5.82 Å². The average Bonchev–Trinajstić information content (AvgIpc) is 2.44. The van der Waals surface area contributed by atoms with E-state index in [1.807, 2.05) is 18.2 Å². The molecule has 0 saturated heterocycles. The minimum atomic E-state index is -0.180. The Morgan fingerprint density at radius 2 is 1.89 bits per heavy atom. The van der Waals surface area contributed by atoms with Crippen LogP contribution in [0.5, 0.6) is 0 Å². The van der Waals surface area contributed by atoms with E-state index in [1.54, 1.807) is 18.2 Å². The third-order valence-corrected chi connectivity index (χ3v) is 2.77. The van der Waals surface area contributed by atoms with Crippen molar-refractivity contribution >= 4 is 11.7 Å². The Morgan fingerprint density at radius 3 is 2.63 bits per heavy atom. The SMILES string of the molecule is Nc1cccc(C(=O)NCCCc2ccccc2)n1. The molecule has 0 atom stereocenters. The molecule has 19 heavy (non-hydrogen) atoms. The Hall–Kier alpha value is -2.36. The van der Waals surface area contributed by atoms with Crippen molar-refractivity contribution in [3.63, 3.8) is 0 Å². The molecule has 2 rings (SSSR count). The van der Waals surface area contributed by atoms with Crippen LogP contribution in [0.3, 0.4) is 0 Å². The second-order valence-corrected chi connectivity index (χ2v) is 4.29. The number of hydrogen-bond acceptors (Lipinski definition) is 3. The van der Waals surface area contributed by atoms with Crippen molar-refractivity contribution in [1.29, 1.82) is 0 Å². The lowest BCUT2D eigenvalue weighted by molar-refractivity contribution is 0.0948. The summed E-state index contributed by atoms with van der Waals surface area (Å²) in [5, 5.41) is 2.84. The Morgan fingerprint density at radius 1 is 1.11 bits per heavy atom. The van der Waals surface area contributed by atoms with E-state index in [0.29, 0.717) is 18.1 Å². The number of nitrogens with zero attached hydrogens (tertiary/aromatic N) is 1. The predicted octanol–water partition coefficient (Wildman–Crippen LogP) is 2.03. The van der Waals surface area contributed by atoms with Gasteiger partial charge in [0.15, 0.2) is 0 Å². The number of carbonyl (C=O) groups is 1. The maximum absolute atomic E-state index is 11.8. The standard InChI is InChI=1S/C15H17N3O/c16-14-10-4-9-13(18-14)15(19)17-11-5-8-12-6-2-1-3-7-12/h1-4,6-7,9-10H,5,8,11H2,(H2,16,18)(H,17,19). The first-order valence-corrected chi connectivity index (χ1v) is 6.30. The lowest BCUT2D eigenvalue weighted by Gasteiger charge is -2.05. The van der Waals surface area contributed by atoms with E-state index < -0.39 is 0 Å². The maximum Gasteiger partial charge on any atom is 0.269 e. The Kier molecular flexibility index (Phi) is 4.50. The molecule has 0 aliphatic rings. The van der Waals surface area contributed by atoms with E-state index in [1.165, 1.54) is 5.56 Å². The highest BCUT2D eigenvalue weighted by atomic mass is 16.1. The molecule has 0 unspecified atom stereocenters. The molecule has 0 radical (unpaired) electrons. The largest absolute Gasteiger partial charge is 0.384 e. The molecule has 0 aliphatic heterocycles. The summed E-state index contributed by atoms with van der Waals surface area (Å²) < 4.78 is 0. The monoisotopic (exact) mass is 255 g/mol. The van der Waals surface area contributed by atoms with Gasteiger partial charge in [0.05, 0.1) is 0 Å². The van der Waals surface area contributed by atoms with Crippen molar-refractivity contribution in [2.24, 2.45) is 0 Å². The summed E-state index contributed by atoms with van der Waals surface area (Å²) >= 11 is 0. The third kappa shape index (κ3) is 4.10. The number of pyridine rings is 1. The van der Waals surface area contributed by atoms with E-state index in [2.05, 4.69) is 22.4 Å². The van der Waals surface area contributed by atoms with Crippen LogP contribution in [0.25, 0.3) is 0 Å². The van der Waals surface area contributed by atoms with E-state index in [9.17, 15) is 4.79 Å². The van der Waals surface area contributed by atoms with Crippen LogP contribution < -0.4 is 11.1 Å². The lowest BCUT2D eigenvalue weighted by Crippen LogP contribution is -2.25. The van der Waals surface area contributed by atoms with Crippen LogP contribution in [0, 0.1) is 0 Å². The summed E-state index contributed by atoms with van der Waals surface area (Å²) in [6.07, 6.45) is 1.85. The van der Waals surface area contributed by atoms with Crippen LogP contribution in [-0.2, 0) is 6.42 Å². The first-order chi connectivity index (χ1) is 9.25. The van der Waals surface area contributed by atoms with Gasteiger partial charge >= 0.3 is 0 Å². The fourth-order valence-electron chi connectivity index (χ4n) is 1.81. The molecular formula is C15H17N3O. The van der Waals surface area contributed by atoms with Crippen molar-refractivity contribution in [2.45, 2.75) is 12.8 Å². The normalized spacial score (nSPS) is 10.1. The van der Waals surface area contributed by atoms with E-state index in [0.717, 1.165) is 12.8 Å². The van der Waals surface area contributed by atoms with Gasteiger partial charge in [-0.15, -0.1) is 0 Å². The molecule has 4 nitrogen and oxygen atoms in total. The highest BCUT2D eigenvalue weighted by molar-refractivity contribution is 5.92. The summed E-state index contributed by atoms with van der Waals surface area (Å²) in [4.78, 5) is 15.8. The van der Waals surface area contributed by atoms with Gasteiger partial charge in [-0.05, 0) is 30.5 Å². The van der Waals surface area contributed by atoms with Crippen LogP contribution in [0.1, 0.15) is 22.5 Å². The number of hydrogen-bond donors (Lipinski definition) is 2. The molecule has 98 valence electrons. The summed E-state index contributed by atoms with van der Waals surface area (Å²) in [7, 11) is 0. The Labute approximate surface area is 112 Å². The first kappa shape index (κ1) is 13.1. The number of aromatic nitrogens is 1. The van der Waals surface area contributed by atoms with Crippen LogP contribution in [0.15, 0.2) is 48.5 Å². The highest BCUT2D eigenvalue weighted by Crippen LogP contribution is 2.02. The molecule has 1 aromatic heterocycles. The molecule has 1 aromatic carbocycles. The molecule has 1 amide bonds. The molecule has 1 heterocycles. The number of amides is 1. The van der Waals surface area contributed by atoms with Crippen molar-refractivity contribution < 1.29 is 4.79 Å². The van der Waals surface area contributed by atoms with E-state index >= 15 is 0 Å². The molecule has 0 saturated carbocycles. The van der Waals surface area contributed by atoms with Gasteiger partial charge in [-0.2, -0.15) is 0 Å². The number of carbonyl (C=O) groups excluding carboxylic acids is 1. The summed E-state index contributed by atoms with van der Waals surface area (Å²) in [5.41, 5.74) is 7.17. The summed E-state index contributed by atoms with van der Waals surface area (Å²) in [6.45, 7) is 0.629. The van der Waals surface area contributed by atoms with Crippen molar-refractivity contribution in [3.8, 4) is 0 Å². The van der Waals surface area contributed by atoms with E-state index in [-0.39, 0.29) is 5.91 Å². The quantitative estimate of drug-likeness (QED) is 0.803. The maximum atomic E-state index is 11.8. The van der Waals surface area contributed by atoms with Gasteiger partial charge in [-0.3, -0.25) is 4.79 Å².